The van der Waals surface area contributed by atoms with Gasteiger partial charge in [0.2, 0.25) is 0 Å². The van der Waals surface area contributed by atoms with E-state index in [2.05, 4.69) is 98.8 Å². The average molecular weight is 534 g/mol. The molecule has 0 bridgehead atoms. The first-order chi connectivity index (χ1) is 14.7. The second-order valence-electron chi connectivity index (χ2n) is 8.65. The minimum atomic E-state index is -0.821. The predicted octanol–water partition coefficient (Wildman–Crippen LogP) is 0.702. The van der Waals surface area contributed by atoms with E-state index in [0.29, 0.717) is 5.92 Å². The van der Waals surface area contributed by atoms with E-state index < -0.39 is 22.8 Å². The first-order valence-electron chi connectivity index (χ1n) is 10.7. The Balaban J connectivity index is 0.00000122. The molecule has 0 amide bonds. The van der Waals surface area contributed by atoms with Crippen LogP contribution < -0.4 is 28.1 Å². The molecule has 0 fully saturated rings. The van der Waals surface area contributed by atoms with E-state index in [0.717, 1.165) is 6.42 Å². The van der Waals surface area contributed by atoms with E-state index in [1.165, 1.54) is 44.0 Å². The molecule has 0 spiro atoms. The standard InChI is InChI=1S/C26H17.C3H6.2ClH.Zr/c1-2-6-17(5-1)20-12-9-19-11-14-22-15-21-13-10-18-7-3-4-8-23(18)25(21)26(22)24(19)16-20;1-3-2;;;/h1-14,17H,15H2;1-2H3;2*1H;/q;;;;+2/p-2. The summed E-state index contributed by atoms with van der Waals surface area (Å²) in [7, 11) is 0. The fraction of sp³-hybridized carbons (Fsp3) is 0.138. The molecule has 0 unspecified atom stereocenters. The van der Waals surface area contributed by atoms with Crippen molar-refractivity contribution in [3.63, 3.8) is 0 Å². The molecule has 4 aromatic carbocycles. The van der Waals surface area contributed by atoms with Crippen LogP contribution in [0.5, 0.6) is 0 Å². The molecule has 0 aromatic heterocycles. The van der Waals surface area contributed by atoms with Crippen molar-refractivity contribution in [3.05, 3.63) is 102 Å². The molecule has 6 rings (SSSR count). The van der Waals surface area contributed by atoms with Crippen LogP contribution in [-0.2, 0) is 29.2 Å². The Morgan fingerprint density at radius 1 is 0.750 bits per heavy atom. The Kier molecular flexibility index (Phi) is 6.74. The zero-order valence-corrected chi connectivity index (χ0v) is 22.1. The summed E-state index contributed by atoms with van der Waals surface area (Å²) in [5.74, 6) is 0.425. The molecule has 0 saturated heterocycles. The molecule has 0 radical (unpaired) electrons. The van der Waals surface area contributed by atoms with Gasteiger partial charge in [0.05, 0.1) is 0 Å². The molecule has 0 aliphatic heterocycles. The molecule has 2 aliphatic carbocycles. The van der Waals surface area contributed by atoms with Crippen molar-refractivity contribution in [2.75, 3.05) is 0 Å². The largest absolute Gasteiger partial charge is 1.00 e. The van der Waals surface area contributed by atoms with Crippen molar-refractivity contribution in [1.82, 2.24) is 0 Å². The molecular weight excluding hydrogens is 510 g/mol. The first-order valence-corrected chi connectivity index (χ1v) is 13.2. The van der Waals surface area contributed by atoms with Crippen LogP contribution in [-0.4, -0.2) is 3.21 Å². The Bertz CT molecular complexity index is 1430. The third kappa shape index (κ3) is 3.69. The fourth-order valence-electron chi connectivity index (χ4n) is 5.18. The number of rotatable bonds is 2. The van der Waals surface area contributed by atoms with E-state index in [4.69, 9.17) is 0 Å². The number of allylic oxidation sites excluding steroid dienone is 4. The van der Waals surface area contributed by atoms with Gasteiger partial charge >= 0.3 is 190 Å². The van der Waals surface area contributed by atoms with Gasteiger partial charge < -0.3 is 24.8 Å². The topological polar surface area (TPSA) is 0 Å². The SMILES string of the molecule is C[C](C)=[Zr+2][c]1c(C2C=CC=C2)ccc2ccc3c(c12)-c1c(ccc2ccccc12)C3.[Cl-].[Cl-]. The Morgan fingerprint density at radius 3 is 2.16 bits per heavy atom. The third-order valence-corrected chi connectivity index (χ3v) is 9.60. The number of hydrogen-bond donors (Lipinski definition) is 0. The molecule has 4 aromatic rings. The zero-order chi connectivity index (χ0) is 20.2. The summed E-state index contributed by atoms with van der Waals surface area (Å²) >= 11 is -0.821. The fourth-order valence-corrected chi connectivity index (χ4v) is 8.34. The predicted molar refractivity (Wildman–Crippen MR) is 127 cm³/mol. The summed E-state index contributed by atoms with van der Waals surface area (Å²) in [6.45, 7) is 4.67. The molecule has 0 nitrogen and oxygen atoms in total. The van der Waals surface area contributed by atoms with Gasteiger partial charge in [0.25, 0.3) is 0 Å². The van der Waals surface area contributed by atoms with Gasteiger partial charge in [-0.1, -0.05) is 0 Å². The van der Waals surface area contributed by atoms with Crippen molar-refractivity contribution in [3.8, 4) is 11.1 Å². The van der Waals surface area contributed by atoms with E-state index in [1.54, 1.807) is 11.9 Å². The number of benzene rings is 4. The monoisotopic (exact) mass is 531 g/mol. The normalized spacial score (nSPS) is 13.4. The second kappa shape index (κ2) is 9.22. The smallest absolute Gasteiger partial charge is 1.00 e. The van der Waals surface area contributed by atoms with Crippen LogP contribution in [0.25, 0.3) is 32.7 Å². The molecule has 157 valence electrons. The van der Waals surface area contributed by atoms with Crippen LogP contribution in [0, 0.1) is 0 Å². The second-order valence-corrected chi connectivity index (χ2v) is 12.9. The van der Waals surface area contributed by atoms with Gasteiger partial charge in [-0.2, -0.15) is 0 Å². The van der Waals surface area contributed by atoms with Crippen molar-refractivity contribution in [1.29, 1.82) is 0 Å². The first kappa shape index (κ1) is 23.4. The van der Waals surface area contributed by atoms with E-state index in [9.17, 15) is 0 Å². The summed E-state index contributed by atoms with van der Waals surface area (Å²) in [5.41, 5.74) is 7.51. The molecule has 0 N–H and O–H groups in total. The van der Waals surface area contributed by atoms with Gasteiger partial charge in [-0.3, -0.25) is 0 Å². The zero-order valence-electron chi connectivity index (χ0n) is 18.1. The van der Waals surface area contributed by atoms with Crippen LogP contribution in [0.15, 0.2) is 85.0 Å². The van der Waals surface area contributed by atoms with Gasteiger partial charge in [0.15, 0.2) is 0 Å². The van der Waals surface area contributed by atoms with E-state index in [1.807, 2.05) is 0 Å². The molecular formula is C29H23Cl2Zr. The van der Waals surface area contributed by atoms with Crippen molar-refractivity contribution < 1.29 is 47.6 Å². The van der Waals surface area contributed by atoms with E-state index in [-0.39, 0.29) is 24.8 Å². The number of halogens is 2. The maximum Gasteiger partial charge on any atom is -1.00 e. The van der Waals surface area contributed by atoms with Gasteiger partial charge in [-0.25, -0.2) is 0 Å². The van der Waals surface area contributed by atoms with Crippen molar-refractivity contribution >= 4 is 28.0 Å². The quantitative estimate of drug-likeness (QED) is 0.314. The average Bonchev–Trinajstić information content (AvgIpc) is 3.41. The molecule has 2 aliphatic rings. The van der Waals surface area contributed by atoms with Gasteiger partial charge in [-0.15, -0.1) is 0 Å². The summed E-state index contributed by atoms with van der Waals surface area (Å²) in [5, 5.41) is 5.70. The van der Waals surface area contributed by atoms with Gasteiger partial charge in [0.1, 0.15) is 0 Å². The van der Waals surface area contributed by atoms with Gasteiger partial charge in [-0.05, 0) is 0 Å². The number of fused-ring (bicyclic) bond motifs is 7. The Morgan fingerprint density at radius 2 is 1.41 bits per heavy atom. The van der Waals surface area contributed by atoms with E-state index >= 15 is 0 Å². The summed E-state index contributed by atoms with van der Waals surface area (Å²) in [6, 6.07) is 23.0. The maximum absolute atomic E-state index is 2.40. The van der Waals surface area contributed by atoms with Crippen LogP contribution >= 0.6 is 0 Å². The Hall–Kier alpha value is -1.79. The van der Waals surface area contributed by atoms with Crippen LogP contribution in [0.3, 0.4) is 0 Å². The maximum atomic E-state index is 2.40. The van der Waals surface area contributed by atoms with Crippen LogP contribution in [0.4, 0.5) is 0 Å². The van der Waals surface area contributed by atoms with Crippen molar-refractivity contribution in [2.45, 2.75) is 26.2 Å². The minimum absolute atomic E-state index is 0. The number of hydrogen-bond acceptors (Lipinski definition) is 0. The summed E-state index contributed by atoms with van der Waals surface area (Å²) in [6.07, 6.45) is 10.1. The van der Waals surface area contributed by atoms with Gasteiger partial charge in [0, 0.05) is 0 Å². The Labute approximate surface area is 213 Å². The molecule has 32 heavy (non-hydrogen) atoms. The molecule has 3 heteroatoms. The molecule has 0 saturated carbocycles. The minimum Gasteiger partial charge on any atom is -1.00 e. The summed E-state index contributed by atoms with van der Waals surface area (Å²) < 4.78 is 3.31. The third-order valence-electron chi connectivity index (χ3n) is 6.43. The van der Waals surface area contributed by atoms with Crippen LogP contribution in [0.2, 0.25) is 0 Å². The van der Waals surface area contributed by atoms with Crippen molar-refractivity contribution in [2.24, 2.45) is 0 Å². The molecule has 0 atom stereocenters. The van der Waals surface area contributed by atoms with Crippen LogP contribution in [0.1, 0.15) is 36.5 Å². The molecule has 0 heterocycles. The summed E-state index contributed by atoms with van der Waals surface area (Å²) in [4.78, 5) is 0.